The van der Waals surface area contributed by atoms with Gasteiger partial charge >= 0.3 is 0 Å². The average molecular weight is 600 g/mol. The fourth-order valence-corrected chi connectivity index (χ4v) is 6.92. The van der Waals surface area contributed by atoms with Crippen molar-refractivity contribution < 1.29 is 17.5 Å². The van der Waals surface area contributed by atoms with Gasteiger partial charge in [-0.3, -0.25) is 4.99 Å². The second kappa shape index (κ2) is 11.7. The quantitative estimate of drug-likeness (QED) is 0.246. The largest absolute Gasteiger partial charge is 0.487 e. The summed E-state index contributed by atoms with van der Waals surface area (Å²) in [5, 5.41) is 4.48. The summed E-state index contributed by atoms with van der Waals surface area (Å²) < 4.78 is 42.3. The van der Waals surface area contributed by atoms with Crippen LogP contribution in [0.4, 0.5) is 15.9 Å². The van der Waals surface area contributed by atoms with Crippen LogP contribution in [0.2, 0.25) is 5.02 Å². The molecule has 0 saturated heterocycles. The van der Waals surface area contributed by atoms with Crippen molar-refractivity contribution in [3.05, 3.63) is 89.0 Å². The van der Waals surface area contributed by atoms with Gasteiger partial charge in [0.2, 0.25) is 0 Å². The van der Waals surface area contributed by atoms with Gasteiger partial charge < -0.3 is 15.8 Å². The lowest BCUT2D eigenvalue weighted by molar-refractivity contribution is 0.306. The molecule has 5 rings (SSSR count). The van der Waals surface area contributed by atoms with Crippen LogP contribution in [-0.2, 0) is 21.2 Å². The predicted octanol–water partition coefficient (Wildman–Crippen LogP) is 5.48. The highest BCUT2D eigenvalue weighted by molar-refractivity contribution is 8.01. The van der Waals surface area contributed by atoms with Gasteiger partial charge in [-0.15, -0.1) is 11.8 Å². The van der Waals surface area contributed by atoms with Crippen molar-refractivity contribution >= 4 is 61.8 Å². The molecule has 208 valence electrons. The zero-order chi connectivity index (χ0) is 28.3. The predicted molar refractivity (Wildman–Crippen MR) is 160 cm³/mol. The minimum atomic E-state index is -3.22. The zero-order valence-electron chi connectivity index (χ0n) is 21.6. The van der Waals surface area contributed by atoms with E-state index < -0.39 is 20.6 Å². The van der Waals surface area contributed by atoms with Gasteiger partial charge in [0.1, 0.15) is 40.2 Å². The summed E-state index contributed by atoms with van der Waals surface area (Å²) in [6.07, 6.45) is 4.95. The van der Waals surface area contributed by atoms with E-state index in [9.17, 15) is 12.8 Å². The molecular formula is C28H27ClFN5O3S2. The van der Waals surface area contributed by atoms with Gasteiger partial charge in [-0.05, 0) is 60.0 Å². The number of fused-ring (bicyclic) bond motifs is 1. The lowest BCUT2D eigenvalue weighted by Crippen LogP contribution is -2.37. The van der Waals surface area contributed by atoms with Crippen LogP contribution in [0.25, 0.3) is 10.9 Å². The molecule has 40 heavy (non-hydrogen) atoms. The minimum absolute atomic E-state index is 0.102. The third-order valence-electron chi connectivity index (χ3n) is 6.38. The number of nitrogens with two attached hydrogens (primary N) is 1. The smallest absolute Gasteiger partial charge is 0.148 e. The molecule has 12 heteroatoms. The maximum absolute atomic E-state index is 13.5. The first-order chi connectivity index (χ1) is 19.1. The number of hydrogen-bond donors (Lipinski definition) is 2. The van der Waals surface area contributed by atoms with Crippen molar-refractivity contribution in [3.63, 3.8) is 0 Å². The standard InChI is InChI=1S/C28H27ClFN5O3S2/c1-40(36,37)14-21(31)12-28(15-32-17-39-28)19-5-7-25-23(10-19)27(34-16-33-25)35-22-6-8-26(24(29)11-22)38-13-18-3-2-4-20(30)9-18/h2-11,15-16,21H,12-14,17,31H2,1H3,(H,33,34,35). The van der Waals surface area contributed by atoms with Crippen molar-refractivity contribution in [1.82, 2.24) is 9.97 Å². The van der Waals surface area contributed by atoms with Gasteiger partial charge in [0.25, 0.3) is 0 Å². The van der Waals surface area contributed by atoms with Gasteiger partial charge in [-0.25, -0.2) is 22.8 Å². The SMILES string of the molecule is CS(=O)(=O)CC(N)CC1(c2ccc3ncnc(Nc4ccc(OCc5cccc(F)c5)c(Cl)c4)c3c2)C=NCS1. The second-order valence-electron chi connectivity index (χ2n) is 9.67. The number of nitrogens with one attached hydrogen (secondary N) is 1. The van der Waals surface area contributed by atoms with E-state index in [1.807, 2.05) is 30.5 Å². The van der Waals surface area contributed by atoms with Crippen LogP contribution in [0.3, 0.4) is 0 Å². The number of rotatable bonds is 10. The fraction of sp³-hybridized carbons (Fsp3) is 0.250. The van der Waals surface area contributed by atoms with E-state index in [4.69, 9.17) is 22.1 Å². The van der Waals surface area contributed by atoms with Crippen LogP contribution in [-0.4, -0.2) is 48.5 Å². The fourth-order valence-electron chi connectivity index (χ4n) is 4.64. The number of hydrogen-bond acceptors (Lipinski definition) is 9. The first-order valence-corrected chi connectivity index (χ1v) is 15.8. The van der Waals surface area contributed by atoms with Gasteiger partial charge in [0, 0.05) is 29.6 Å². The van der Waals surface area contributed by atoms with Gasteiger partial charge in [0.15, 0.2) is 0 Å². The highest BCUT2D eigenvalue weighted by atomic mass is 35.5. The first kappa shape index (κ1) is 28.3. The molecule has 0 radical (unpaired) electrons. The van der Waals surface area contributed by atoms with Crippen molar-refractivity contribution in [3.8, 4) is 5.75 Å². The van der Waals surface area contributed by atoms with Crippen LogP contribution >= 0.6 is 23.4 Å². The Bertz CT molecular complexity index is 1690. The number of aromatic nitrogens is 2. The molecular weight excluding hydrogens is 573 g/mol. The first-order valence-electron chi connectivity index (χ1n) is 12.4. The van der Waals surface area contributed by atoms with Crippen LogP contribution in [0.1, 0.15) is 17.5 Å². The van der Waals surface area contributed by atoms with Crippen molar-refractivity contribution in [2.75, 3.05) is 23.2 Å². The summed E-state index contributed by atoms with van der Waals surface area (Å²) in [5.74, 6) is 1.18. The zero-order valence-corrected chi connectivity index (χ0v) is 23.9. The summed E-state index contributed by atoms with van der Waals surface area (Å²) in [6.45, 7) is 0.181. The highest BCUT2D eigenvalue weighted by Crippen LogP contribution is 2.44. The number of aliphatic imine (C=N–C) groups is 1. The Labute approximate surface area is 241 Å². The minimum Gasteiger partial charge on any atom is -0.487 e. The number of nitrogens with zero attached hydrogens (tertiary/aromatic N) is 3. The Kier molecular flexibility index (Phi) is 8.27. The Balaban J connectivity index is 1.39. The monoisotopic (exact) mass is 599 g/mol. The molecule has 0 amide bonds. The molecule has 2 unspecified atom stereocenters. The van der Waals surface area contributed by atoms with Crippen LogP contribution < -0.4 is 15.8 Å². The summed E-state index contributed by atoms with van der Waals surface area (Å²) in [4.78, 5) is 13.3. The maximum atomic E-state index is 13.5. The van der Waals surface area contributed by atoms with Crippen molar-refractivity contribution in [2.24, 2.45) is 10.7 Å². The van der Waals surface area contributed by atoms with Crippen LogP contribution in [0.15, 0.2) is 72.0 Å². The van der Waals surface area contributed by atoms with E-state index in [0.717, 1.165) is 16.5 Å². The lowest BCUT2D eigenvalue weighted by Gasteiger charge is -2.29. The van der Waals surface area contributed by atoms with Crippen molar-refractivity contribution in [1.29, 1.82) is 0 Å². The molecule has 2 atom stereocenters. The van der Waals surface area contributed by atoms with Crippen LogP contribution in [0.5, 0.6) is 5.75 Å². The molecule has 3 N–H and O–H groups in total. The number of sulfone groups is 1. The molecule has 8 nitrogen and oxygen atoms in total. The van der Waals surface area contributed by atoms with E-state index in [0.29, 0.717) is 40.1 Å². The molecule has 2 heterocycles. The summed E-state index contributed by atoms with van der Waals surface area (Å²) in [7, 11) is -3.22. The van der Waals surface area contributed by atoms with E-state index in [1.54, 1.807) is 36.0 Å². The topological polar surface area (TPSA) is 120 Å². The number of benzene rings is 3. The number of ether oxygens (including phenoxy) is 1. The normalized spacial score (nSPS) is 17.7. The number of anilines is 2. The highest BCUT2D eigenvalue weighted by Gasteiger charge is 2.37. The summed E-state index contributed by atoms with van der Waals surface area (Å²) in [6, 6.07) is 16.8. The second-order valence-corrected chi connectivity index (χ2v) is 13.5. The van der Waals surface area contributed by atoms with E-state index >= 15 is 0 Å². The Morgan fingerprint density at radius 2 is 2.02 bits per heavy atom. The van der Waals surface area contributed by atoms with E-state index in [1.165, 1.54) is 24.7 Å². The summed E-state index contributed by atoms with van der Waals surface area (Å²) >= 11 is 8.10. The number of thioether (sulfide) groups is 1. The Morgan fingerprint density at radius 3 is 2.75 bits per heavy atom. The lowest BCUT2D eigenvalue weighted by atomic mass is 9.91. The number of halogens is 2. The Hall–Kier alpha value is -3.25. The van der Waals surface area contributed by atoms with E-state index in [2.05, 4.69) is 20.3 Å². The summed E-state index contributed by atoms with van der Waals surface area (Å²) in [5.41, 5.74) is 9.32. The van der Waals surface area contributed by atoms with E-state index in [-0.39, 0.29) is 18.2 Å². The van der Waals surface area contributed by atoms with Gasteiger partial charge in [-0.2, -0.15) is 0 Å². The molecule has 0 spiro atoms. The van der Waals surface area contributed by atoms with Crippen molar-refractivity contribution in [2.45, 2.75) is 23.8 Å². The average Bonchev–Trinajstić information content (AvgIpc) is 3.36. The molecule has 0 bridgehead atoms. The molecule has 0 aliphatic carbocycles. The molecule has 1 aromatic heterocycles. The van der Waals surface area contributed by atoms with Crippen LogP contribution in [0, 0.1) is 5.82 Å². The third kappa shape index (κ3) is 6.72. The maximum Gasteiger partial charge on any atom is 0.148 e. The molecule has 3 aromatic carbocycles. The molecule has 1 aliphatic heterocycles. The van der Waals surface area contributed by atoms with Gasteiger partial charge in [-0.1, -0.05) is 29.8 Å². The van der Waals surface area contributed by atoms with Gasteiger partial charge in [0.05, 0.1) is 26.9 Å². The molecule has 0 fully saturated rings. The molecule has 1 aliphatic rings. The molecule has 0 saturated carbocycles. The third-order valence-corrected chi connectivity index (χ3v) is 9.01. The Morgan fingerprint density at radius 1 is 1.18 bits per heavy atom. The molecule has 4 aromatic rings.